The minimum absolute atomic E-state index is 0.0566. The van der Waals surface area contributed by atoms with Crippen LogP contribution in [0.25, 0.3) is 0 Å². The van der Waals surface area contributed by atoms with Gasteiger partial charge < -0.3 is 4.74 Å². The lowest BCUT2D eigenvalue weighted by atomic mass is 9.88. The van der Waals surface area contributed by atoms with E-state index in [0.717, 1.165) is 0 Å². The number of nitro groups is 1. The SMILES string of the molecule is C[C@H]1CC(=O)[C@@H](CC(=O)OCc2ccccc2C#N)[C@@H]1C[N+](=O)[O-]. The van der Waals surface area contributed by atoms with E-state index in [2.05, 4.69) is 0 Å². The number of rotatable bonds is 6. The quantitative estimate of drug-likeness (QED) is 0.449. The summed E-state index contributed by atoms with van der Waals surface area (Å²) in [5, 5.41) is 19.8. The number of carbonyl (C=O) groups excluding carboxylic acids is 2. The van der Waals surface area contributed by atoms with E-state index < -0.39 is 22.7 Å². The number of Topliss-reactive ketones (excluding diaryl/α,β-unsaturated/α-hetero) is 1. The summed E-state index contributed by atoms with van der Waals surface area (Å²) in [5.74, 6) is -1.91. The Morgan fingerprint density at radius 2 is 2.17 bits per heavy atom. The Morgan fingerprint density at radius 1 is 1.46 bits per heavy atom. The van der Waals surface area contributed by atoms with Gasteiger partial charge in [0.1, 0.15) is 12.4 Å². The lowest BCUT2D eigenvalue weighted by Crippen LogP contribution is -2.27. The molecule has 0 aliphatic heterocycles. The number of ether oxygens (including phenoxy) is 1. The van der Waals surface area contributed by atoms with Crippen LogP contribution in [0.2, 0.25) is 0 Å². The molecule has 126 valence electrons. The molecule has 0 aromatic heterocycles. The van der Waals surface area contributed by atoms with Crippen LogP contribution in [0.4, 0.5) is 0 Å². The predicted molar refractivity (Wildman–Crippen MR) is 83.2 cm³/mol. The molecule has 1 saturated carbocycles. The van der Waals surface area contributed by atoms with Crippen LogP contribution in [0.5, 0.6) is 0 Å². The molecular formula is C17H18N2O5. The van der Waals surface area contributed by atoms with E-state index in [-0.39, 0.29) is 37.7 Å². The van der Waals surface area contributed by atoms with Crippen LogP contribution in [-0.4, -0.2) is 23.2 Å². The zero-order valence-electron chi connectivity index (χ0n) is 13.3. The molecule has 1 aliphatic rings. The van der Waals surface area contributed by atoms with Crippen molar-refractivity contribution in [3.05, 3.63) is 45.5 Å². The zero-order chi connectivity index (χ0) is 17.7. The van der Waals surface area contributed by atoms with E-state index in [0.29, 0.717) is 11.1 Å². The Morgan fingerprint density at radius 3 is 2.83 bits per heavy atom. The Bertz CT molecular complexity index is 694. The van der Waals surface area contributed by atoms with Crippen molar-refractivity contribution in [3.8, 4) is 6.07 Å². The topological polar surface area (TPSA) is 110 Å². The summed E-state index contributed by atoms with van der Waals surface area (Å²) >= 11 is 0. The van der Waals surface area contributed by atoms with Crippen molar-refractivity contribution in [1.82, 2.24) is 0 Å². The molecule has 1 fully saturated rings. The van der Waals surface area contributed by atoms with Gasteiger partial charge in [0, 0.05) is 28.7 Å². The van der Waals surface area contributed by atoms with Crippen LogP contribution in [0.15, 0.2) is 24.3 Å². The van der Waals surface area contributed by atoms with Gasteiger partial charge in [0.05, 0.1) is 18.1 Å². The van der Waals surface area contributed by atoms with E-state index >= 15 is 0 Å². The lowest BCUT2D eigenvalue weighted by molar-refractivity contribution is -0.490. The van der Waals surface area contributed by atoms with Gasteiger partial charge in [0.25, 0.3) is 0 Å². The number of hydrogen-bond donors (Lipinski definition) is 0. The van der Waals surface area contributed by atoms with Crippen LogP contribution in [0.3, 0.4) is 0 Å². The van der Waals surface area contributed by atoms with E-state index in [1.54, 1.807) is 31.2 Å². The summed E-state index contributed by atoms with van der Waals surface area (Å²) in [5.41, 5.74) is 1.00. The second-order valence-corrected chi connectivity index (χ2v) is 6.07. The molecule has 2 rings (SSSR count). The van der Waals surface area contributed by atoms with Gasteiger partial charge in [-0.2, -0.15) is 5.26 Å². The molecule has 0 N–H and O–H groups in total. The minimum Gasteiger partial charge on any atom is -0.461 e. The Kier molecular flexibility index (Phi) is 5.64. The number of esters is 1. The maximum atomic E-state index is 12.0. The molecule has 7 nitrogen and oxygen atoms in total. The maximum absolute atomic E-state index is 12.0. The first-order valence-electron chi connectivity index (χ1n) is 7.70. The number of hydrogen-bond acceptors (Lipinski definition) is 6. The first-order valence-corrected chi connectivity index (χ1v) is 7.70. The van der Waals surface area contributed by atoms with Gasteiger partial charge in [-0.05, 0) is 12.0 Å². The summed E-state index contributed by atoms with van der Waals surface area (Å²) < 4.78 is 5.16. The summed E-state index contributed by atoms with van der Waals surface area (Å²) in [6.45, 7) is 1.42. The highest BCUT2D eigenvalue weighted by Gasteiger charge is 2.44. The van der Waals surface area contributed by atoms with Crippen molar-refractivity contribution in [3.63, 3.8) is 0 Å². The standard InChI is InChI=1S/C17H18N2O5/c1-11-6-16(20)14(15(11)9-19(22)23)7-17(21)24-10-13-5-3-2-4-12(13)8-18/h2-5,11,14-15H,6-7,9-10H2,1H3/t11-,14-,15+/m0/s1. The van der Waals surface area contributed by atoms with E-state index in [1.807, 2.05) is 6.07 Å². The molecule has 1 aromatic rings. The lowest BCUT2D eigenvalue weighted by Gasteiger charge is -2.17. The minimum atomic E-state index is -0.663. The maximum Gasteiger partial charge on any atom is 0.306 e. The number of carbonyl (C=O) groups is 2. The normalized spacial score (nSPS) is 22.8. The van der Waals surface area contributed by atoms with Crippen molar-refractivity contribution in [2.75, 3.05) is 6.54 Å². The fourth-order valence-electron chi connectivity index (χ4n) is 3.15. The van der Waals surface area contributed by atoms with Crippen LogP contribution in [-0.2, 0) is 20.9 Å². The van der Waals surface area contributed by atoms with Crippen LogP contribution >= 0.6 is 0 Å². The highest BCUT2D eigenvalue weighted by Crippen LogP contribution is 2.36. The molecule has 0 radical (unpaired) electrons. The average molecular weight is 330 g/mol. The van der Waals surface area contributed by atoms with Gasteiger partial charge in [0.15, 0.2) is 0 Å². The summed E-state index contributed by atoms with van der Waals surface area (Å²) in [4.78, 5) is 34.4. The van der Waals surface area contributed by atoms with Gasteiger partial charge in [-0.3, -0.25) is 19.7 Å². The molecule has 0 bridgehead atoms. The Balaban J connectivity index is 1.97. The molecule has 7 heteroatoms. The van der Waals surface area contributed by atoms with Crippen molar-refractivity contribution < 1.29 is 19.2 Å². The molecule has 0 saturated heterocycles. The Labute approximate surface area is 139 Å². The van der Waals surface area contributed by atoms with Crippen LogP contribution < -0.4 is 0 Å². The molecule has 1 aromatic carbocycles. The monoisotopic (exact) mass is 330 g/mol. The number of nitriles is 1. The summed E-state index contributed by atoms with van der Waals surface area (Å²) in [6, 6.07) is 8.77. The van der Waals surface area contributed by atoms with Gasteiger partial charge >= 0.3 is 5.97 Å². The van der Waals surface area contributed by atoms with Crippen molar-refractivity contribution in [2.24, 2.45) is 17.8 Å². The molecule has 24 heavy (non-hydrogen) atoms. The second-order valence-electron chi connectivity index (χ2n) is 6.07. The number of benzene rings is 1. The molecule has 0 amide bonds. The predicted octanol–water partition coefficient (Wildman–Crippen LogP) is 2.11. The summed E-state index contributed by atoms with van der Waals surface area (Å²) in [7, 11) is 0. The fourth-order valence-corrected chi connectivity index (χ4v) is 3.15. The average Bonchev–Trinajstić information content (AvgIpc) is 2.79. The van der Waals surface area contributed by atoms with Gasteiger partial charge in [-0.15, -0.1) is 0 Å². The molecule has 0 spiro atoms. The van der Waals surface area contributed by atoms with Crippen molar-refractivity contribution in [2.45, 2.75) is 26.4 Å². The molecular weight excluding hydrogens is 312 g/mol. The van der Waals surface area contributed by atoms with Crippen molar-refractivity contribution in [1.29, 1.82) is 5.26 Å². The third-order valence-electron chi connectivity index (χ3n) is 4.46. The Hall–Kier alpha value is -2.75. The number of nitrogens with zero attached hydrogens (tertiary/aromatic N) is 2. The van der Waals surface area contributed by atoms with Gasteiger partial charge in [-0.25, -0.2) is 0 Å². The first kappa shape index (κ1) is 17.6. The smallest absolute Gasteiger partial charge is 0.306 e. The number of ketones is 1. The molecule has 1 aliphatic carbocycles. The molecule has 0 heterocycles. The third-order valence-corrected chi connectivity index (χ3v) is 4.46. The molecule has 3 atom stereocenters. The second kappa shape index (κ2) is 7.68. The first-order chi connectivity index (χ1) is 11.4. The van der Waals surface area contributed by atoms with Crippen molar-refractivity contribution >= 4 is 11.8 Å². The van der Waals surface area contributed by atoms with Crippen LogP contribution in [0.1, 0.15) is 30.9 Å². The highest BCUT2D eigenvalue weighted by molar-refractivity contribution is 5.87. The zero-order valence-corrected chi connectivity index (χ0v) is 13.3. The third kappa shape index (κ3) is 4.16. The van der Waals surface area contributed by atoms with E-state index in [4.69, 9.17) is 10.00 Å². The van der Waals surface area contributed by atoms with E-state index in [1.165, 1.54) is 0 Å². The van der Waals surface area contributed by atoms with Gasteiger partial charge in [-0.1, -0.05) is 25.1 Å². The summed E-state index contributed by atoms with van der Waals surface area (Å²) in [6.07, 6.45) is 0.101. The highest BCUT2D eigenvalue weighted by atomic mass is 16.6. The molecule has 0 unspecified atom stereocenters. The fraction of sp³-hybridized carbons (Fsp3) is 0.471. The van der Waals surface area contributed by atoms with E-state index in [9.17, 15) is 19.7 Å². The largest absolute Gasteiger partial charge is 0.461 e. The van der Waals surface area contributed by atoms with Gasteiger partial charge in [0.2, 0.25) is 6.54 Å². The van der Waals surface area contributed by atoms with Crippen LogP contribution in [0, 0.1) is 39.2 Å².